The van der Waals surface area contributed by atoms with Gasteiger partial charge in [-0.05, 0) is 0 Å². The van der Waals surface area contributed by atoms with E-state index in [1.54, 1.807) is 6.07 Å². The van der Waals surface area contributed by atoms with Crippen LogP contribution in [-0.4, -0.2) is 48.5 Å². The van der Waals surface area contributed by atoms with Gasteiger partial charge in [0, 0.05) is 21.3 Å². The molecule has 0 aromatic rings. The summed E-state index contributed by atoms with van der Waals surface area (Å²) in [5.41, 5.74) is 0. The third-order valence-electron chi connectivity index (χ3n) is 1.81. The largest absolute Gasteiger partial charge is 0.508 e. The van der Waals surface area contributed by atoms with Crippen LogP contribution in [0.1, 0.15) is 0 Å². The molecule has 0 fully saturated rings. The van der Waals surface area contributed by atoms with Crippen LogP contribution in [0.4, 0.5) is 0 Å². The van der Waals surface area contributed by atoms with Gasteiger partial charge in [0.1, 0.15) is 6.07 Å². The monoisotopic (exact) mass is 247 g/mol. The topological polar surface area (TPSA) is 94.9 Å². The molecule has 0 spiro atoms. The van der Waals surface area contributed by atoms with Crippen LogP contribution in [0.5, 0.6) is 0 Å². The van der Waals surface area contributed by atoms with Crippen LogP contribution < -0.4 is 0 Å². The first-order valence-corrected chi connectivity index (χ1v) is 6.20. The summed E-state index contributed by atoms with van der Waals surface area (Å²) >= 11 is 0. The number of hydrogen-bond donors (Lipinski definition) is 0. The highest BCUT2D eigenvalue weighted by atomic mass is 28.4. The van der Waals surface area contributed by atoms with Crippen LogP contribution in [0.3, 0.4) is 0 Å². The lowest BCUT2D eigenvalue weighted by Crippen LogP contribution is -2.46. The van der Waals surface area contributed by atoms with Gasteiger partial charge in [0.05, 0.1) is 6.04 Å². The molecule has 0 amide bonds. The van der Waals surface area contributed by atoms with Crippen LogP contribution >= 0.6 is 0 Å². The summed E-state index contributed by atoms with van der Waals surface area (Å²) in [7, 11) is 0.864. The molecule has 0 saturated carbocycles. The molecule has 7 nitrogen and oxygen atoms in total. The summed E-state index contributed by atoms with van der Waals surface area (Å²) in [6.45, 7) is -0.466. The van der Waals surface area contributed by atoms with Crippen molar-refractivity contribution in [2.24, 2.45) is 0 Å². The van der Waals surface area contributed by atoms with Gasteiger partial charge in [0.2, 0.25) is 5.78 Å². The van der Waals surface area contributed by atoms with Crippen molar-refractivity contribution < 1.29 is 27.6 Å². The van der Waals surface area contributed by atoms with E-state index >= 15 is 0 Å². The van der Waals surface area contributed by atoms with Crippen LogP contribution in [0.25, 0.3) is 0 Å². The first kappa shape index (κ1) is 14.7. The molecule has 0 saturated heterocycles. The minimum absolute atomic E-state index is 0.319. The fourth-order valence-corrected chi connectivity index (χ4v) is 2.38. The summed E-state index contributed by atoms with van der Waals surface area (Å²) < 4.78 is 19.2. The molecular formula is C8H13NO6Si. The Kier molecular flexibility index (Phi) is 6.51. The van der Waals surface area contributed by atoms with Gasteiger partial charge < -0.3 is 18.0 Å². The van der Waals surface area contributed by atoms with Gasteiger partial charge in [-0.25, -0.2) is 4.79 Å². The van der Waals surface area contributed by atoms with Crippen molar-refractivity contribution in [3.63, 3.8) is 0 Å². The molecule has 0 aliphatic carbocycles. The van der Waals surface area contributed by atoms with Crippen molar-refractivity contribution in [1.29, 1.82) is 5.26 Å². The maximum atomic E-state index is 11.4. The lowest BCUT2D eigenvalue weighted by molar-refractivity contribution is -0.152. The molecule has 16 heavy (non-hydrogen) atoms. The van der Waals surface area contributed by atoms with E-state index in [-0.39, 0.29) is 6.04 Å². The lowest BCUT2D eigenvalue weighted by Gasteiger charge is -2.22. The number of Topliss-reactive ketones (excluding diaryl/α,β-unsaturated/α-hetero) is 1. The van der Waals surface area contributed by atoms with E-state index in [9.17, 15) is 9.59 Å². The predicted molar refractivity (Wildman–Crippen MR) is 53.2 cm³/mol. The average Bonchev–Trinajstić information content (AvgIpc) is 2.32. The van der Waals surface area contributed by atoms with E-state index in [0.717, 1.165) is 0 Å². The number of nitriles is 1. The van der Waals surface area contributed by atoms with E-state index in [0.29, 0.717) is 0 Å². The van der Waals surface area contributed by atoms with Crippen LogP contribution in [0.2, 0.25) is 6.04 Å². The molecule has 0 N–H and O–H groups in total. The third-order valence-corrected chi connectivity index (χ3v) is 4.43. The van der Waals surface area contributed by atoms with Crippen molar-refractivity contribution in [1.82, 2.24) is 0 Å². The second-order valence-electron chi connectivity index (χ2n) is 2.63. The number of carbonyl (C=O) groups excluding carboxylic acids is 2. The standard InChI is InChI=1S/C8H13NO6Si/c1-12-16(13-2,14-3)6-7(10)8(11)15-5-4-9/h5-6H2,1-3H3. The van der Waals surface area contributed by atoms with Crippen LogP contribution in [0, 0.1) is 11.3 Å². The summed E-state index contributed by atoms with van der Waals surface area (Å²) in [5.74, 6) is -1.93. The Morgan fingerprint density at radius 1 is 1.19 bits per heavy atom. The zero-order chi connectivity index (χ0) is 12.6. The Hall–Kier alpha value is -1.27. The fraction of sp³-hybridized carbons (Fsp3) is 0.625. The van der Waals surface area contributed by atoms with Gasteiger partial charge in [0.25, 0.3) is 0 Å². The second-order valence-corrected chi connectivity index (χ2v) is 5.57. The average molecular weight is 247 g/mol. The quantitative estimate of drug-likeness (QED) is 0.340. The summed E-state index contributed by atoms with van der Waals surface area (Å²) in [4.78, 5) is 22.4. The summed E-state index contributed by atoms with van der Waals surface area (Å²) in [5, 5.41) is 8.16. The van der Waals surface area contributed by atoms with Crippen molar-refractivity contribution in [3.05, 3.63) is 0 Å². The Labute approximate surface area is 94.2 Å². The smallest absolute Gasteiger partial charge is 0.445 e. The van der Waals surface area contributed by atoms with Gasteiger partial charge in [-0.2, -0.15) is 5.26 Å². The Morgan fingerprint density at radius 3 is 2.06 bits per heavy atom. The Morgan fingerprint density at radius 2 is 1.69 bits per heavy atom. The van der Waals surface area contributed by atoms with E-state index in [1.807, 2.05) is 0 Å². The molecule has 0 heterocycles. The Bertz CT molecular complexity index is 287. The number of esters is 1. The van der Waals surface area contributed by atoms with Crippen LogP contribution in [0.15, 0.2) is 0 Å². The maximum Gasteiger partial charge on any atom is 0.508 e. The molecule has 0 aromatic carbocycles. The molecule has 0 radical (unpaired) electrons. The normalized spacial score (nSPS) is 10.6. The van der Waals surface area contributed by atoms with Gasteiger partial charge >= 0.3 is 14.8 Å². The highest BCUT2D eigenvalue weighted by Crippen LogP contribution is 2.13. The number of ether oxygens (including phenoxy) is 1. The van der Waals surface area contributed by atoms with Gasteiger partial charge in [-0.1, -0.05) is 0 Å². The van der Waals surface area contributed by atoms with E-state index in [4.69, 9.17) is 18.5 Å². The highest BCUT2D eigenvalue weighted by molar-refractivity contribution is 6.67. The number of ketones is 1. The highest BCUT2D eigenvalue weighted by Gasteiger charge is 2.42. The van der Waals surface area contributed by atoms with E-state index in [1.165, 1.54) is 21.3 Å². The molecule has 0 rings (SSSR count). The molecular weight excluding hydrogens is 234 g/mol. The van der Waals surface area contributed by atoms with E-state index < -0.39 is 27.2 Å². The fourth-order valence-electron chi connectivity index (χ4n) is 0.914. The number of nitrogens with zero attached hydrogens (tertiary/aromatic N) is 1. The molecule has 0 unspecified atom stereocenters. The molecule has 8 heteroatoms. The van der Waals surface area contributed by atoms with Crippen molar-refractivity contribution >= 4 is 20.6 Å². The molecule has 90 valence electrons. The minimum Gasteiger partial charge on any atom is -0.445 e. The predicted octanol–water partition coefficient (Wildman–Crippen LogP) is -0.500. The summed E-state index contributed by atoms with van der Waals surface area (Å²) in [6.07, 6.45) is 0. The van der Waals surface area contributed by atoms with Crippen molar-refractivity contribution in [3.8, 4) is 6.07 Å². The number of rotatable bonds is 7. The Balaban J connectivity index is 4.41. The second kappa shape index (κ2) is 7.08. The SMILES string of the molecule is CO[Si](CC(=O)C(=O)OCC#N)(OC)OC. The van der Waals surface area contributed by atoms with Gasteiger partial charge in [0.15, 0.2) is 6.61 Å². The molecule has 0 bridgehead atoms. The zero-order valence-corrected chi connectivity index (χ0v) is 10.3. The first-order chi connectivity index (χ1) is 7.55. The summed E-state index contributed by atoms with van der Waals surface area (Å²) in [6, 6.07) is 1.26. The first-order valence-electron chi connectivity index (χ1n) is 4.27. The molecule has 0 atom stereocenters. The van der Waals surface area contributed by atoms with Gasteiger partial charge in [-0.15, -0.1) is 0 Å². The third kappa shape index (κ3) is 4.07. The zero-order valence-electron chi connectivity index (χ0n) is 9.31. The molecule has 0 aliphatic rings. The van der Waals surface area contributed by atoms with Gasteiger partial charge in [-0.3, -0.25) is 4.79 Å². The number of hydrogen-bond acceptors (Lipinski definition) is 7. The lowest BCUT2D eigenvalue weighted by atomic mass is 10.5. The molecule has 0 aliphatic heterocycles. The van der Waals surface area contributed by atoms with E-state index in [2.05, 4.69) is 4.74 Å². The minimum atomic E-state index is -3.12. The number of carbonyl (C=O) groups is 2. The van der Waals surface area contributed by atoms with Crippen LogP contribution in [-0.2, 0) is 27.6 Å². The van der Waals surface area contributed by atoms with Crippen molar-refractivity contribution in [2.75, 3.05) is 27.9 Å². The maximum absolute atomic E-state index is 11.4. The van der Waals surface area contributed by atoms with Crippen molar-refractivity contribution in [2.45, 2.75) is 6.04 Å². The molecule has 0 aromatic heterocycles.